The molecule has 0 aliphatic carbocycles. The summed E-state index contributed by atoms with van der Waals surface area (Å²) < 4.78 is 39.2. The lowest BCUT2D eigenvalue weighted by Gasteiger charge is -2.14. The summed E-state index contributed by atoms with van der Waals surface area (Å²) in [7, 11) is 0. The van der Waals surface area contributed by atoms with Crippen LogP contribution in [0.4, 0.5) is 52.6 Å². The van der Waals surface area contributed by atoms with Gasteiger partial charge < -0.3 is 27.0 Å². The molecule has 202 valence electrons. The standard InChI is InChI=1S/C24H21ClF3N9O2/c1-11-7-13(31-23(39)32-14-3-5-16(25)15(9-14)24(26,27)28)4-6-17(11)33-22-30-12(2)8-19(35-22)34-20-10-18(21(29)38)36-37-20/h3-10H,1-2H3,(H2,29,38)(H2,31,32,39)(H3,30,33,34,35,36,37). The van der Waals surface area contributed by atoms with Gasteiger partial charge in [-0.25, -0.2) is 9.78 Å². The number of hydrogen-bond donors (Lipinski definition) is 6. The summed E-state index contributed by atoms with van der Waals surface area (Å²) in [6.07, 6.45) is -4.66. The van der Waals surface area contributed by atoms with E-state index in [1.165, 1.54) is 12.1 Å². The molecule has 0 saturated heterocycles. The summed E-state index contributed by atoms with van der Waals surface area (Å²) in [5, 5.41) is 17.0. The lowest BCUT2D eigenvalue weighted by molar-refractivity contribution is -0.137. The number of carbonyl (C=O) groups excluding carboxylic acids is 2. The molecule has 11 nitrogen and oxygen atoms in total. The summed E-state index contributed by atoms with van der Waals surface area (Å²) in [5.41, 5.74) is 6.57. The van der Waals surface area contributed by atoms with Gasteiger partial charge in [-0.15, -0.1) is 0 Å². The van der Waals surface area contributed by atoms with Crippen LogP contribution in [0.15, 0.2) is 48.5 Å². The first-order chi connectivity index (χ1) is 18.4. The van der Waals surface area contributed by atoms with Crippen LogP contribution < -0.4 is 27.0 Å². The summed E-state index contributed by atoms with van der Waals surface area (Å²) in [6.45, 7) is 3.56. The number of aromatic amines is 1. The number of amides is 3. The Balaban J connectivity index is 1.43. The summed E-state index contributed by atoms with van der Waals surface area (Å²) >= 11 is 5.62. The highest BCUT2D eigenvalue weighted by atomic mass is 35.5. The predicted molar refractivity (Wildman–Crippen MR) is 141 cm³/mol. The summed E-state index contributed by atoms with van der Waals surface area (Å²) in [6, 6.07) is 10.4. The highest BCUT2D eigenvalue weighted by Gasteiger charge is 2.33. The van der Waals surface area contributed by atoms with E-state index in [4.69, 9.17) is 17.3 Å². The van der Waals surface area contributed by atoms with Gasteiger partial charge >= 0.3 is 12.2 Å². The van der Waals surface area contributed by atoms with E-state index in [-0.39, 0.29) is 17.3 Å². The minimum absolute atomic E-state index is 0.0683. The molecule has 3 amide bonds. The molecule has 0 radical (unpaired) electrons. The third kappa shape index (κ3) is 6.93. The number of nitrogens with zero attached hydrogens (tertiary/aromatic N) is 3. The Morgan fingerprint density at radius 3 is 2.28 bits per heavy atom. The zero-order valence-corrected chi connectivity index (χ0v) is 21.1. The van der Waals surface area contributed by atoms with Gasteiger partial charge in [0, 0.05) is 34.9 Å². The Kier molecular flexibility index (Phi) is 7.58. The fraction of sp³-hybridized carbons (Fsp3) is 0.125. The number of hydrogen-bond acceptors (Lipinski definition) is 7. The SMILES string of the molecule is Cc1cc(Nc2cc(C(N)=O)n[nH]2)nc(Nc2ccc(NC(=O)Nc3ccc(Cl)c(C(F)(F)F)c3)cc2C)n1. The fourth-order valence-corrected chi connectivity index (χ4v) is 3.68. The van der Waals surface area contributed by atoms with Gasteiger partial charge in [-0.05, 0) is 55.8 Å². The fourth-order valence-electron chi connectivity index (χ4n) is 3.45. The number of benzene rings is 2. The second-order valence-electron chi connectivity index (χ2n) is 8.30. The largest absolute Gasteiger partial charge is 0.417 e. The highest BCUT2D eigenvalue weighted by Crippen LogP contribution is 2.36. The first kappa shape index (κ1) is 27.2. The highest BCUT2D eigenvalue weighted by molar-refractivity contribution is 6.31. The number of primary amides is 1. The van der Waals surface area contributed by atoms with Crippen LogP contribution in [0.1, 0.15) is 27.3 Å². The van der Waals surface area contributed by atoms with Crippen molar-refractivity contribution in [2.45, 2.75) is 20.0 Å². The molecular formula is C24H21ClF3N9O2. The summed E-state index contributed by atoms with van der Waals surface area (Å²) in [5.74, 6) is 0.433. The maximum absolute atomic E-state index is 13.1. The number of nitrogens with two attached hydrogens (primary N) is 1. The zero-order valence-electron chi connectivity index (χ0n) is 20.4. The van der Waals surface area contributed by atoms with Crippen LogP contribution in [0.25, 0.3) is 0 Å². The second kappa shape index (κ2) is 10.9. The lowest BCUT2D eigenvalue weighted by Crippen LogP contribution is -2.20. The molecule has 0 aliphatic rings. The van der Waals surface area contributed by atoms with Gasteiger partial charge in [-0.1, -0.05) is 11.6 Å². The number of aromatic nitrogens is 4. The van der Waals surface area contributed by atoms with Crippen LogP contribution in [-0.2, 0) is 6.18 Å². The number of halogens is 4. The van der Waals surface area contributed by atoms with E-state index in [2.05, 4.69) is 41.4 Å². The smallest absolute Gasteiger partial charge is 0.364 e. The molecule has 39 heavy (non-hydrogen) atoms. The van der Waals surface area contributed by atoms with Crippen molar-refractivity contribution in [2.75, 3.05) is 21.3 Å². The number of anilines is 6. The molecule has 2 aromatic carbocycles. The average molecular weight is 560 g/mol. The van der Waals surface area contributed by atoms with Gasteiger partial charge in [0.1, 0.15) is 11.6 Å². The van der Waals surface area contributed by atoms with E-state index >= 15 is 0 Å². The number of H-pyrrole nitrogens is 1. The Morgan fingerprint density at radius 2 is 1.64 bits per heavy atom. The predicted octanol–water partition coefficient (Wildman–Crippen LogP) is 5.72. The number of nitrogens with one attached hydrogen (secondary N) is 5. The van der Waals surface area contributed by atoms with E-state index in [0.29, 0.717) is 28.7 Å². The van der Waals surface area contributed by atoms with Gasteiger partial charge in [0.25, 0.3) is 5.91 Å². The van der Waals surface area contributed by atoms with Crippen molar-refractivity contribution in [3.05, 3.63) is 76.1 Å². The van der Waals surface area contributed by atoms with E-state index in [1.807, 2.05) is 0 Å². The number of rotatable bonds is 7. The lowest BCUT2D eigenvalue weighted by atomic mass is 10.1. The Labute approximate surface area is 224 Å². The van der Waals surface area contributed by atoms with Crippen LogP contribution >= 0.6 is 11.6 Å². The molecule has 0 atom stereocenters. The van der Waals surface area contributed by atoms with Crippen molar-refractivity contribution in [1.82, 2.24) is 20.2 Å². The van der Waals surface area contributed by atoms with Gasteiger partial charge in [-0.2, -0.15) is 23.3 Å². The molecule has 2 heterocycles. The number of carbonyl (C=O) groups is 2. The molecule has 2 aromatic heterocycles. The number of aryl methyl sites for hydroxylation is 2. The Morgan fingerprint density at radius 1 is 0.949 bits per heavy atom. The van der Waals surface area contributed by atoms with Gasteiger partial charge in [0.15, 0.2) is 5.69 Å². The monoisotopic (exact) mass is 559 g/mol. The Bertz CT molecular complexity index is 1560. The topological polar surface area (TPSA) is 163 Å². The van der Waals surface area contributed by atoms with Crippen molar-refractivity contribution in [3.63, 3.8) is 0 Å². The zero-order chi connectivity index (χ0) is 28.3. The second-order valence-corrected chi connectivity index (χ2v) is 8.71. The van der Waals surface area contributed by atoms with Crippen LogP contribution in [0.5, 0.6) is 0 Å². The van der Waals surface area contributed by atoms with Crippen LogP contribution in [0, 0.1) is 13.8 Å². The first-order valence-corrected chi connectivity index (χ1v) is 11.6. The molecule has 4 rings (SSSR count). The quantitative estimate of drug-likeness (QED) is 0.169. The maximum atomic E-state index is 13.1. The minimum Gasteiger partial charge on any atom is -0.364 e. The van der Waals surface area contributed by atoms with Crippen molar-refractivity contribution in [3.8, 4) is 0 Å². The molecule has 7 N–H and O–H groups in total. The van der Waals surface area contributed by atoms with Crippen LogP contribution in [-0.4, -0.2) is 32.1 Å². The van der Waals surface area contributed by atoms with Crippen molar-refractivity contribution in [2.24, 2.45) is 5.73 Å². The minimum atomic E-state index is -4.66. The number of alkyl halides is 3. The van der Waals surface area contributed by atoms with Gasteiger partial charge in [0.2, 0.25) is 5.95 Å². The molecule has 0 bridgehead atoms. The molecule has 0 spiro atoms. The van der Waals surface area contributed by atoms with Gasteiger partial charge in [-0.3, -0.25) is 9.89 Å². The molecule has 0 aliphatic heterocycles. The van der Waals surface area contributed by atoms with E-state index in [1.54, 1.807) is 38.1 Å². The Hall–Kier alpha value is -4.85. The number of urea groups is 1. The van der Waals surface area contributed by atoms with E-state index in [9.17, 15) is 22.8 Å². The van der Waals surface area contributed by atoms with Crippen LogP contribution in [0.3, 0.4) is 0 Å². The summed E-state index contributed by atoms with van der Waals surface area (Å²) in [4.78, 5) is 32.4. The van der Waals surface area contributed by atoms with Crippen molar-refractivity contribution in [1.29, 1.82) is 0 Å². The first-order valence-electron chi connectivity index (χ1n) is 11.2. The third-order valence-electron chi connectivity index (χ3n) is 5.21. The van der Waals surface area contributed by atoms with E-state index < -0.39 is 28.7 Å². The average Bonchev–Trinajstić information content (AvgIpc) is 3.30. The normalized spacial score (nSPS) is 11.1. The molecule has 15 heteroatoms. The van der Waals surface area contributed by atoms with Gasteiger partial charge in [0.05, 0.1) is 10.6 Å². The van der Waals surface area contributed by atoms with Crippen molar-refractivity contribution >= 4 is 58.2 Å². The molecule has 0 saturated carbocycles. The molecule has 0 unspecified atom stereocenters. The van der Waals surface area contributed by atoms with Crippen molar-refractivity contribution < 1.29 is 22.8 Å². The van der Waals surface area contributed by atoms with E-state index in [0.717, 1.165) is 17.7 Å². The molecular weight excluding hydrogens is 539 g/mol. The third-order valence-corrected chi connectivity index (χ3v) is 5.54. The van der Waals surface area contributed by atoms with Crippen LogP contribution in [0.2, 0.25) is 5.02 Å². The molecule has 0 fully saturated rings. The molecule has 4 aromatic rings. The maximum Gasteiger partial charge on any atom is 0.417 e.